The minimum atomic E-state index is -1.49. The molecule has 8 N–H and O–H groups in total. The first-order valence-corrected chi connectivity index (χ1v) is 12.0. The van der Waals surface area contributed by atoms with Crippen LogP contribution in [0.15, 0.2) is 30.3 Å². The summed E-state index contributed by atoms with van der Waals surface area (Å²) in [4.78, 5) is 72.6. The highest BCUT2D eigenvalue weighted by molar-refractivity contribution is 5.94. The van der Waals surface area contributed by atoms with E-state index in [1.165, 1.54) is 0 Å². The maximum absolute atomic E-state index is 13.2. The number of carboxylic acid groups (broad SMARTS) is 2. The Labute approximate surface area is 213 Å². The molecule has 4 amide bonds. The molecule has 0 spiro atoms. The molecule has 0 aromatic heterocycles. The number of carboxylic acids is 2. The van der Waals surface area contributed by atoms with Crippen molar-refractivity contribution in [1.82, 2.24) is 21.3 Å². The number of nitrogens with one attached hydrogen (secondary N) is 4. The smallest absolute Gasteiger partial charge is 0.326 e. The maximum atomic E-state index is 13.2. The summed E-state index contributed by atoms with van der Waals surface area (Å²) in [5.41, 5.74) is 5.88. The highest BCUT2D eigenvalue weighted by Gasteiger charge is 2.32. The van der Waals surface area contributed by atoms with Crippen LogP contribution in [0.1, 0.15) is 44.1 Å². The Kier molecular flexibility index (Phi) is 11.5. The average molecular weight is 520 g/mol. The molecule has 2 rings (SSSR count). The Morgan fingerprint density at radius 1 is 0.892 bits per heavy atom. The fraction of sp³-hybridized carbons (Fsp3) is 0.500. The molecule has 1 aromatic rings. The molecule has 0 saturated carbocycles. The molecule has 1 fully saturated rings. The molecule has 4 atom stereocenters. The molecular weight excluding hydrogens is 486 g/mol. The lowest BCUT2D eigenvalue weighted by Crippen LogP contribution is -2.57. The fourth-order valence-corrected chi connectivity index (χ4v) is 3.86. The third-order valence-electron chi connectivity index (χ3n) is 5.87. The highest BCUT2D eigenvalue weighted by atomic mass is 16.4. The number of hydrogen-bond donors (Lipinski definition) is 7. The second-order valence-corrected chi connectivity index (χ2v) is 8.80. The molecule has 1 aliphatic heterocycles. The van der Waals surface area contributed by atoms with Crippen LogP contribution in [0.5, 0.6) is 0 Å². The van der Waals surface area contributed by atoms with Crippen molar-refractivity contribution < 1.29 is 39.0 Å². The summed E-state index contributed by atoms with van der Waals surface area (Å²) in [6.45, 7) is 0.655. The van der Waals surface area contributed by atoms with Gasteiger partial charge in [0, 0.05) is 19.3 Å². The topological polar surface area (TPSA) is 217 Å². The van der Waals surface area contributed by atoms with Crippen molar-refractivity contribution in [3.8, 4) is 0 Å². The van der Waals surface area contributed by atoms with Crippen LogP contribution in [0.4, 0.5) is 0 Å². The minimum Gasteiger partial charge on any atom is -0.481 e. The van der Waals surface area contributed by atoms with E-state index in [0.29, 0.717) is 18.5 Å². The first kappa shape index (κ1) is 29.2. The third-order valence-corrected chi connectivity index (χ3v) is 5.87. The van der Waals surface area contributed by atoms with Crippen LogP contribution in [0, 0.1) is 0 Å². The summed E-state index contributed by atoms with van der Waals surface area (Å²) in [5, 5.41) is 28.7. The molecule has 13 heteroatoms. The van der Waals surface area contributed by atoms with Crippen LogP contribution >= 0.6 is 0 Å². The van der Waals surface area contributed by atoms with E-state index in [1.807, 2.05) is 0 Å². The largest absolute Gasteiger partial charge is 0.481 e. The van der Waals surface area contributed by atoms with Gasteiger partial charge in [-0.2, -0.15) is 0 Å². The monoisotopic (exact) mass is 519 g/mol. The molecule has 1 saturated heterocycles. The van der Waals surface area contributed by atoms with Gasteiger partial charge in [-0.05, 0) is 37.8 Å². The average Bonchev–Trinajstić information content (AvgIpc) is 3.39. The minimum absolute atomic E-state index is 0.00957. The van der Waals surface area contributed by atoms with E-state index in [0.717, 1.165) is 6.42 Å². The predicted octanol–water partition coefficient (Wildman–Crippen LogP) is -1.35. The van der Waals surface area contributed by atoms with Gasteiger partial charge in [-0.1, -0.05) is 30.3 Å². The lowest BCUT2D eigenvalue weighted by molar-refractivity contribution is -0.143. The van der Waals surface area contributed by atoms with Gasteiger partial charge in [-0.3, -0.25) is 24.0 Å². The summed E-state index contributed by atoms with van der Waals surface area (Å²) in [6.07, 6.45) is 0.240. The number of benzene rings is 1. The predicted molar refractivity (Wildman–Crippen MR) is 130 cm³/mol. The fourth-order valence-electron chi connectivity index (χ4n) is 3.86. The number of aliphatic carboxylic acids is 2. The molecule has 13 nitrogen and oxygen atoms in total. The summed E-state index contributed by atoms with van der Waals surface area (Å²) >= 11 is 0. The van der Waals surface area contributed by atoms with E-state index in [4.69, 9.17) is 10.8 Å². The Hall–Kier alpha value is -4.00. The molecule has 4 unspecified atom stereocenters. The molecule has 0 aliphatic carbocycles. The number of primary amides is 1. The van der Waals surface area contributed by atoms with Crippen LogP contribution in [-0.4, -0.2) is 76.5 Å². The summed E-state index contributed by atoms with van der Waals surface area (Å²) in [5.74, 6) is -5.33. The van der Waals surface area contributed by atoms with E-state index >= 15 is 0 Å². The Bertz CT molecular complexity index is 981. The molecule has 0 radical (unpaired) electrons. The van der Waals surface area contributed by atoms with Gasteiger partial charge in [-0.15, -0.1) is 0 Å². The van der Waals surface area contributed by atoms with Crippen LogP contribution in [-0.2, 0) is 35.2 Å². The van der Waals surface area contributed by atoms with Crippen molar-refractivity contribution in [2.24, 2.45) is 5.73 Å². The Morgan fingerprint density at radius 3 is 2.08 bits per heavy atom. The van der Waals surface area contributed by atoms with Crippen LogP contribution < -0.4 is 27.0 Å². The maximum Gasteiger partial charge on any atom is 0.326 e. The summed E-state index contributed by atoms with van der Waals surface area (Å²) in [6, 6.07) is 4.24. The molecular formula is C24H33N5O8. The normalized spacial score (nSPS) is 17.1. The van der Waals surface area contributed by atoms with Gasteiger partial charge in [0.25, 0.3) is 0 Å². The van der Waals surface area contributed by atoms with Crippen molar-refractivity contribution in [2.45, 2.75) is 69.1 Å². The second-order valence-electron chi connectivity index (χ2n) is 8.80. The van der Waals surface area contributed by atoms with Crippen molar-refractivity contribution >= 4 is 35.6 Å². The van der Waals surface area contributed by atoms with Gasteiger partial charge >= 0.3 is 11.9 Å². The second kappa shape index (κ2) is 14.5. The third kappa shape index (κ3) is 10.3. The molecule has 0 bridgehead atoms. The van der Waals surface area contributed by atoms with E-state index < -0.39 is 66.2 Å². The molecule has 1 aromatic carbocycles. The van der Waals surface area contributed by atoms with Gasteiger partial charge < -0.3 is 37.2 Å². The zero-order valence-corrected chi connectivity index (χ0v) is 20.3. The van der Waals surface area contributed by atoms with E-state index in [1.54, 1.807) is 30.3 Å². The number of carbonyl (C=O) groups is 6. The zero-order valence-electron chi connectivity index (χ0n) is 20.3. The van der Waals surface area contributed by atoms with Crippen molar-refractivity contribution in [1.29, 1.82) is 0 Å². The van der Waals surface area contributed by atoms with E-state index in [9.17, 15) is 33.9 Å². The van der Waals surface area contributed by atoms with Gasteiger partial charge in [0.2, 0.25) is 23.6 Å². The number of carbonyl (C=O) groups excluding carboxylic acids is 4. The molecule has 202 valence electrons. The quantitative estimate of drug-likeness (QED) is 0.145. The van der Waals surface area contributed by atoms with Crippen molar-refractivity contribution in [3.05, 3.63) is 35.9 Å². The Morgan fingerprint density at radius 2 is 1.51 bits per heavy atom. The highest BCUT2D eigenvalue weighted by Crippen LogP contribution is 2.09. The SMILES string of the molecule is NC(=O)CCC(NC(=O)C1CCCN1)C(=O)NC(Cc1ccccc1)C(=O)NC(CCC(=O)O)C(=O)O. The molecule has 1 aliphatic rings. The van der Waals surface area contributed by atoms with Crippen LogP contribution in [0.3, 0.4) is 0 Å². The van der Waals surface area contributed by atoms with Gasteiger partial charge in [0.15, 0.2) is 0 Å². The number of hydrogen-bond acceptors (Lipinski definition) is 7. The lowest BCUT2D eigenvalue weighted by atomic mass is 10.0. The Balaban J connectivity index is 2.20. The van der Waals surface area contributed by atoms with E-state index in [-0.39, 0.29) is 25.7 Å². The standard InChI is InChI=1S/C24H33N5O8/c25-19(30)10-8-16(27-21(33)15-7-4-12-26-15)22(34)29-18(13-14-5-2-1-3-6-14)23(35)28-17(24(36)37)9-11-20(31)32/h1-3,5-6,15-18,26H,4,7-13H2,(H2,25,30)(H,27,33)(H,28,35)(H,29,34)(H,31,32)(H,36,37). The van der Waals surface area contributed by atoms with Crippen LogP contribution in [0.2, 0.25) is 0 Å². The summed E-state index contributed by atoms with van der Waals surface area (Å²) < 4.78 is 0. The number of rotatable bonds is 15. The van der Waals surface area contributed by atoms with Gasteiger partial charge in [-0.25, -0.2) is 4.79 Å². The van der Waals surface area contributed by atoms with Crippen molar-refractivity contribution in [3.63, 3.8) is 0 Å². The number of amides is 4. The first-order chi connectivity index (χ1) is 17.6. The first-order valence-electron chi connectivity index (χ1n) is 12.0. The van der Waals surface area contributed by atoms with Gasteiger partial charge in [0.1, 0.15) is 18.1 Å². The van der Waals surface area contributed by atoms with Crippen LogP contribution in [0.25, 0.3) is 0 Å². The van der Waals surface area contributed by atoms with Gasteiger partial charge in [0.05, 0.1) is 6.04 Å². The lowest BCUT2D eigenvalue weighted by Gasteiger charge is -2.25. The zero-order chi connectivity index (χ0) is 27.4. The molecule has 1 heterocycles. The van der Waals surface area contributed by atoms with E-state index in [2.05, 4.69) is 21.3 Å². The van der Waals surface area contributed by atoms with Crippen molar-refractivity contribution in [2.75, 3.05) is 6.54 Å². The number of nitrogens with two attached hydrogens (primary N) is 1. The summed E-state index contributed by atoms with van der Waals surface area (Å²) in [7, 11) is 0. The molecule has 37 heavy (non-hydrogen) atoms.